The van der Waals surface area contributed by atoms with E-state index in [0.717, 1.165) is 22.2 Å². The Morgan fingerprint density at radius 1 is 0.900 bits per heavy atom. The predicted octanol–water partition coefficient (Wildman–Crippen LogP) is 0.232. The normalized spacial score (nSPS) is 11.2. The van der Waals surface area contributed by atoms with Gasteiger partial charge in [-0.1, -0.05) is 6.07 Å². The Bertz CT molecular complexity index is 857. The molecular formula is C10H8N10. The molecule has 0 aliphatic rings. The second-order valence-electron chi connectivity index (χ2n) is 4.24. The molecule has 0 saturated heterocycles. The van der Waals surface area contributed by atoms with Crippen LogP contribution in [0, 0.1) is 6.92 Å². The average Bonchev–Trinajstić information content (AvgIpc) is 3.19. The summed E-state index contributed by atoms with van der Waals surface area (Å²) in [6.45, 7) is 1.98. The topological polar surface area (TPSA) is 138 Å². The summed E-state index contributed by atoms with van der Waals surface area (Å²) in [4.78, 5) is 7.65. The zero-order chi connectivity index (χ0) is 13.5. The van der Waals surface area contributed by atoms with Crippen molar-refractivity contribution in [3.63, 3.8) is 0 Å². The molecule has 0 aliphatic heterocycles. The number of aryl methyl sites for hydroxylation is 1. The number of aromatic nitrogens is 10. The summed E-state index contributed by atoms with van der Waals surface area (Å²) < 4.78 is 0. The molecule has 0 unspecified atom stereocenters. The summed E-state index contributed by atoms with van der Waals surface area (Å²) in [6, 6.07) is 3.88. The van der Waals surface area contributed by atoms with Crippen molar-refractivity contribution in [2.45, 2.75) is 6.92 Å². The first-order chi connectivity index (χ1) is 9.83. The molecule has 0 amide bonds. The monoisotopic (exact) mass is 268 g/mol. The number of aromatic amines is 3. The highest BCUT2D eigenvalue weighted by Crippen LogP contribution is 2.29. The molecule has 3 aromatic heterocycles. The van der Waals surface area contributed by atoms with Gasteiger partial charge >= 0.3 is 0 Å². The molecule has 1 aromatic carbocycles. The van der Waals surface area contributed by atoms with Gasteiger partial charge in [-0.25, -0.2) is 15.2 Å². The first kappa shape index (κ1) is 10.7. The highest BCUT2D eigenvalue weighted by atomic mass is 15.5. The number of hydrogen-bond donors (Lipinski definition) is 3. The molecule has 4 rings (SSSR count). The fraction of sp³-hybridized carbons (Fsp3) is 0.100. The van der Waals surface area contributed by atoms with Gasteiger partial charge in [-0.15, -0.1) is 10.2 Å². The van der Waals surface area contributed by atoms with E-state index < -0.39 is 0 Å². The van der Waals surface area contributed by atoms with Crippen LogP contribution in [0.15, 0.2) is 12.1 Å². The number of benzene rings is 1. The molecule has 0 fully saturated rings. The van der Waals surface area contributed by atoms with Gasteiger partial charge in [-0.05, 0) is 39.4 Å². The summed E-state index contributed by atoms with van der Waals surface area (Å²) in [6.07, 6.45) is 0. The first-order valence-corrected chi connectivity index (χ1v) is 5.80. The van der Waals surface area contributed by atoms with E-state index in [0.29, 0.717) is 17.5 Å². The molecule has 0 bridgehead atoms. The third-order valence-electron chi connectivity index (χ3n) is 3.02. The van der Waals surface area contributed by atoms with E-state index in [1.54, 1.807) is 0 Å². The van der Waals surface area contributed by atoms with E-state index >= 15 is 0 Å². The van der Waals surface area contributed by atoms with Crippen molar-refractivity contribution in [2.24, 2.45) is 0 Å². The van der Waals surface area contributed by atoms with E-state index in [1.807, 2.05) is 19.1 Å². The Labute approximate surface area is 111 Å². The molecule has 0 spiro atoms. The average molecular weight is 268 g/mol. The standard InChI is InChI=1S/C10H8N10/c1-4-2-3-5-7(6(4)8-13-17-18-14-8)12-9(11-5)10-15-19-20-16-10/h2-3H,1H3,(H,11,12)(H,13,14,17,18)(H,15,16,19,20). The second-order valence-corrected chi connectivity index (χ2v) is 4.24. The minimum absolute atomic E-state index is 0.473. The Hall–Kier alpha value is -3.17. The fourth-order valence-electron chi connectivity index (χ4n) is 2.12. The minimum Gasteiger partial charge on any atom is -0.335 e. The molecular weight excluding hydrogens is 260 g/mol. The number of tetrazole rings is 2. The number of H-pyrrole nitrogens is 3. The van der Waals surface area contributed by atoms with E-state index in [4.69, 9.17) is 0 Å². The van der Waals surface area contributed by atoms with Crippen LogP contribution in [0.25, 0.3) is 34.1 Å². The van der Waals surface area contributed by atoms with Gasteiger partial charge in [-0.2, -0.15) is 0 Å². The molecule has 98 valence electrons. The van der Waals surface area contributed by atoms with E-state index in [1.165, 1.54) is 0 Å². The summed E-state index contributed by atoms with van der Waals surface area (Å²) >= 11 is 0. The summed E-state index contributed by atoms with van der Waals surface area (Å²) in [5, 5.41) is 27.5. The van der Waals surface area contributed by atoms with Crippen LogP contribution in [0.2, 0.25) is 0 Å². The fourth-order valence-corrected chi connectivity index (χ4v) is 2.12. The molecule has 0 aliphatic carbocycles. The van der Waals surface area contributed by atoms with Gasteiger partial charge in [0.25, 0.3) is 0 Å². The number of fused-ring (bicyclic) bond motifs is 1. The van der Waals surface area contributed by atoms with E-state index in [-0.39, 0.29) is 0 Å². The Balaban J connectivity index is 2.01. The molecule has 0 atom stereocenters. The van der Waals surface area contributed by atoms with Crippen LogP contribution in [0.5, 0.6) is 0 Å². The van der Waals surface area contributed by atoms with Gasteiger partial charge in [0.05, 0.1) is 11.0 Å². The largest absolute Gasteiger partial charge is 0.335 e. The number of nitrogens with one attached hydrogen (secondary N) is 3. The maximum atomic E-state index is 4.46. The quantitative estimate of drug-likeness (QED) is 0.473. The maximum Gasteiger partial charge on any atom is 0.215 e. The SMILES string of the molecule is Cc1ccc2nc(-c3nnn[nH]3)[nH]c2c1-c1nnn[nH]1. The van der Waals surface area contributed by atoms with Crippen molar-refractivity contribution in [2.75, 3.05) is 0 Å². The van der Waals surface area contributed by atoms with Crippen LogP contribution in [0.1, 0.15) is 5.56 Å². The van der Waals surface area contributed by atoms with Crippen LogP contribution in [-0.2, 0) is 0 Å². The van der Waals surface area contributed by atoms with E-state index in [9.17, 15) is 0 Å². The molecule has 0 saturated carbocycles. The molecule has 3 heterocycles. The van der Waals surface area contributed by atoms with Crippen LogP contribution in [-0.4, -0.2) is 51.2 Å². The second kappa shape index (κ2) is 3.91. The third kappa shape index (κ3) is 1.48. The molecule has 10 heteroatoms. The van der Waals surface area contributed by atoms with Crippen molar-refractivity contribution in [3.05, 3.63) is 17.7 Å². The maximum absolute atomic E-state index is 4.46. The van der Waals surface area contributed by atoms with Crippen LogP contribution in [0.3, 0.4) is 0 Å². The van der Waals surface area contributed by atoms with Gasteiger partial charge < -0.3 is 4.98 Å². The van der Waals surface area contributed by atoms with Crippen molar-refractivity contribution >= 4 is 11.0 Å². The Morgan fingerprint density at radius 3 is 2.35 bits per heavy atom. The lowest BCUT2D eigenvalue weighted by Crippen LogP contribution is -1.88. The van der Waals surface area contributed by atoms with Gasteiger partial charge in [0.2, 0.25) is 5.82 Å². The van der Waals surface area contributed by atoms with Crippen LogP contribution >= 0.6 is 0 Å². The molecule has 3 N–H and O–H groups in total. The van der Waals surface area contributed by atoms with Crippen molar-refractivity contribution in [1.82, 2.24) is 51.2 Å². The van der Waals surface area contributed by atoms with E-state index in [2.05, 4.69) is 51.2 Å². The summed E-state index contributed by atoms with van der Waals surface area (Å²) in [5.74, 6) is 1.61. The minimum atomic E-state index is 0.473. The number of hydrogen-bond acceptors (Lipinski definition) is 7. The predicted molar refractivity (Wildman–Crippen MR) is 67.2 cm³/mol. The molecule has 10 nitrogen and oxygen atoms in total. The summed E-state index contributed by atoms with van der Waals surface area (Å²) in [5.41, 5.74) is 3.52. The zero-order valence-corrected chi connectivity index (χ0v) is 10.3. The summed E-state index contributed by atoms with van der Waals surface area (Å²) in [7, 11) is 0. The van der Waals surface area contributed by atoms with Gasteiger partial charge in [0.1, 0.15) is 0 Å². The van der Waals surface area contributed by atoms with Crippen molar-refractivity contribution in [3.8, 4) is 23.0 Å². The Morgan fingerprint density at radius 2 is 1.65 bits per heavy atom. The number of rotatable bonds is 2. The van der Waals surface area contributed by atoms with Crippen LogP contribution in [0.4, 0.5) is 0 Å². The lowest BCUT2D eigenvalue weighted by Gasteiger charge is -2.02. The zero-order valence-electron chi connectivity index (χ0n) is 10.3. The van der Waals surface area contributed by atoms with Crippen molar-refractivity contribution in [1.29, 1.82) is 0 Å². The molecule has 0 radical (unpaired) electrons. The number of nitrogens with zero attached hydrogens (tertiary/aromatic N) is 7. The van der Waals surface area contributed by atoms with Gasteiger partial charge in [-0.3, -0.25) is 0 Å². The third-order valence-corrected chi connectivity index (χ3v) is 3.02. The number of imidazole rings is 1. The lowest BCUT2D eigenvalue weighted by atomic mass is 10.1. The highest BCUT2D eigenvalue weighted by Gasteiger charge is 2.16. The first-order valence-electron chi connectivity index (χ1n) is 5.80. The van der Waals surface area contributed by atoms with Gasteiger partial charge in [0, 0.05) is 5.56 Å². The molecule has 4 aromatic rings. The smallest absolute Gasteiger partial charge is 0.215 e. The van der Waals surface area contributed by atoms with Crippen molar-refractivity contribution < 1.29 is 0 Å². The molecule has 20 heavy (non-hydrogen) atoms. The van der Waals surface area contributed by atoms with Crippen LogP contribution < -0.4 is 0 Å². The van der Waals surface area contributed by atoms with Gasteiger partial charge in [0.15, 0.2) is 11.6 Å². The Kier molecular flexibility index (Phi) is 2.10. The highest BCUT2D eigenvalue weighted by molar-refractivity contribution is 5.93. The lowest BCUT2D eigenvalue weighted by molar-refractivity contribution is 0.881.